The topological polar surface area (TPSA) is 83.6 Å². The van der Waals surface area contributed by atoms with E-state index in [1.807, 2.05) is 30.3 Å². The third-order valence-electron chi connectivity index (χ3n) is 3.58. The van der Waals surface area contributed by atoms with Gasteiger partial charge in [0.25, 0.3) is 0 Å². The largest absolute Gasteiger partial charge is 0.481 e. The van der Waals surface area contributed by atoms with Crippen molar-refractivity contribution < 1.29 is 14.7 Å². The van der Waals surface area contributed by atoms with E-state index in [2.05, 4.69) is 0 Å². The number of carbonyl (C=O) groups is 2. The Bertz CT molecular complexity index is 453. The van der Waals surface area contributed by atoms with Gasteiger partial charge in [-0.25, -0.2) is 0 Å². The maximum absolute atomic E-state index is 12.2. The normalized spacial score (nSPS) is 18.1. The number of carboxylic acids is 1. The van der Waals surface area contributed by atoms with Crippen molar-refractivity contribution in [3.8, 4) is 0 Å². The highest BCUT2D eigenvalue weighted by Gasteiger charge is 2.29. The van der Waals surface area contributed by atoms with E-state index in [1.165, 1.54) is 0 Å². The Labute approximate surface area is 112 Å². The van der Waals surface area contributed by atoms with Crippen molar-refractivity contribution in [2.24, 2.45) is 11.7 Å². The quantitative estimate of drug-likeness (QED) is 0.851. The summed E-state index contributed by atoms with van der Waals surface area (Å²) < 4.78 is 0. The van der Waals surface area contributed by atoms with Gasteiger partial charge < -0.3 is 15.7 Å². The zero-order chi connectivity index (χ0) is 13.8. The number of carbonyl (C=O) groups excluding carboxylic acids is 1. The van der Waals surface area contributed by atoms with E-state index in [-0.39, 0.29) is 11.8 Å². The summed E-state index contributed by atoms with van der Waals surface area (Å²) in [6.07, 6.45) is 1.01. The molecule has 3 N–H and O–H groups in total. The number of piperidine rings is 1. The number of likely N-dealkylation sites (tertiary alicyclic amines) is 1. The van der Waals surface area contributed by atoms with Crippen LogP contribution in [0.1, 0.15) is 24.4 Å². The molecule has 1 heterocycles. The molecular weight excluding hydrogens is 244 g/mol. The lowest BCUT2D eigenvalue weighted by Gasteiger charge is -2.32. The van der Waals surface area contributed by atoms with Crippen molar-refractivity contribution in [2.75, 3.05) is 13.1 Å². The third-order valence-corrected chi connectivity index (χ3v) is 3.58. The molecule has 0 spiro atoms. The second kappa shape index (κ2) is 5.84. The number of rotatable bonds is 3. The first-order valence-corrected chi connectivity index (χ1v) is 6.41. The van der Waals surface area contributed by atoms with E-state index in [1.54, 1.807) is 4.90 Å². The molecule has 5 nitrogen and oxygen atoms in total. The Morgan fingerprint density at radius 3 is 2.32 bits per heavy atom. The van der Waals surface area contributed by atoms with Gasteiger partial charge in [-0.1, -0.05) is 30.3 Å². The lowest BCUT2D eigenvalue weighted by Crippen LogP contribution is -2.44. The van der Waals surface area contributed by atoms with E-state index < -0.39 is 12.0 Å². The fourth-order valence-corrected chi connectivity index (χ4v) is 2.35. The summed E-state index contributed by atoms with van der Waals surface area (Å²) in [6, 6.07) is 8.55. The molecule has 2 rings (SSSR count). The number of amides is 1. The molecule has 0 radical (unpaired) electrons. The van der Waals surface area contributed by atoms with Crippen LogP contribution in [-0.4, -0.2) is 35.0 Å². The van der Waals surface area contributed by atoms with Crippen molar-refractivity contribution in [3.05, 3.63) is 35.9 Å². The van der Waals surface area contributed by atoms with Gasteiger partial charge in [-0.2, -0.15) is 0 Å². The number of nitrogens with zero attached hydrogens (tertiary/aromatic N) is 1. The summed E-state index contributed by atoms with van der Waals surface area (Å²) in [6.45, 7) is 0.937. The molecule has 102 valence electrons. The molecule has 1 fully saturated rings. The average Bonchev–Trinajstić information content (AvgIpc) is 2.46. The number of carboxylic acid groups (broad SMARTS) is 1. The smallest absolute Gasteiger partial charge is 0.306 e. The number of hydrogen-bond acceptors (Lipinski definition) is 3. The number of aliphatic carboxylic acids is 1. The van der Waals surface area contributed by atoms with Crippen LogP contribution < -0.4 is 5.73 Å². The maximum Gasteiger partial charge on any atom is 0.306 e. The van der Waals surface area contributed by atoms with Crippen LogP contribution in [0.4, 0.5) is 0 Å². The summed E-state index contributed by atoms with van der Waals surface area (Å²) in [4.78, 5) is 24.8. The molecule has 1 atom stereocenters. The summed E-state index contributed by atoms with van der Waals surface area (Å²) in [5, 5.41) is 8.92. The molecule has 1 aromatic rings. The number of benzene rings is 1. The Morgan fingerprint density at radius 1 is 1.21 bits per heavy atom. The van der Waals surface area contributed by atoms with E-state index in [0.717, 1.165) is 5.56 Å². The average molecular weight is 262 g/mol. The molecule has 1 aliphatic heterocycles. The standard InChI is InChI=1S/C14H18N2O3/c15-12(10-4-2-1-3-5-10)13(17)16-8-6-11(7-9-16)14(18)19/h1-5,11-12H,6-9,15H2,(H,18,19). The second-order valence-corrected chi connectivity index (χ2v) is 4.83. The number of nitrogens with two attached hydrogens (primary N) is 1. The zero-order valence-electron chi connectivity index (χ0n) is 10.7. The minimum Gasteiger partial charge on any atom is -0.481 e. The van der Waals surface area contributed by atoms with Crippen LogP contribution in [0, 0.1) is 5.92 Å². The third kappa shape index (κ3) is 3.12. The molecular formula is C14H18N2O3. The van der Waals surface area contributed by atoms with Crippen LogP contribution in [0.5, 0.6) is 0 Å². The molecule has 0 aliphatic carbocycles. The lowest BCUT2D eigenvalue weighted by atomic mass is 9.96. The van der Waals surface area contributed by atoms with Crippen molar-refractivity contribution in [3.63, 3.8) is 0 Å². The van der Waals surface area contributed by atoms with Gasteiger partial charge in [0, 0.05) is 13.1 Å². The molecule has 1 aliphatic rings. The zero-order valence-corrected chi connectivity index (χ0v) is 10.7. The Kier molecular flexibility index (Phi) is 4.16. The van der Waals surface area contributed by atoms with E-state index in [4.69, 9.17) is 10.8 Å². The Balaban J connectivity index is 1.96. The van der Waals surface area contributed by atoms with Crippen LogP contribution >= 0.6 is 0 Å². The number of hydrogen-bond donors (Lipinski definition) is 2. The SMILES string of the molecule is NC(C(=O)N1CCC(C(=O)O)CC1)c1ccccc1. The maximum atomic E-state index is 12.2. The second-order valence-electron chi connectivity index (χ2n) is 4.83. The van der Waals surface area contributed by atoms with Gasteiger partial charge in [0.05, 0.1) is 5.92 Å². The van der Waals surface area contributed by atoms with Gasteiger partial charge in [0.2, 0.25) is 5.91 Å². The summed E-state index contributed by atoms with van der Waals surface area (Å²) in [5.74, 6) is -1.24. The van der Waals surface area contributed by atoms with Gasteiger partial charge in [0.1, 0.15) is 6.04 Å². The van der Waals surface area contributed by atoms with Crippen LogP contribution in [0.2, 0.25) is 0 Å². The minimum absolute atomic E-state index is 0.130. The van der Waals surface area contributed by atoms with Crippen LogP contribution in [0.15, 0.2) is 30.3 Å². The first kappa shape index (κ1) is 13.5. The van der Waals surface area contributed by atoms with Crippen LogP contribution in [0.25, 0.3) is 0 Å². The van der Waals surface area contributed by atoms with Crippen molar-refractivity contribution in [2.45, 2.75) is 18.9 Å². The van der Waals surface area contributed by atoms with Gasteiger partial charge in [-0.3, -0.25) is 9.59 Å². The lowest BCUT2D eigenvalue weighted by molar-refractivity contribution is -0.146. The van der Waals surface area contributed by atoms with E-state index in [0.29, 0.717) is 25.9 Å². The molecule has 19 heavy (non-hydrogen) atoms. The monoisotopic (exact) mass is 262 g/mol. The first-order chi connectivity index (χ1) is 9.09. The molecule has 0 bridgehead atoms. The van der Waals surface area contributed by atoms with Gasteiger partial charge in [-0.15, -0.1) is 0 Å². The molecule has 0 aromatic heterocycles. The summed E-state index contributed by atoms with van der Waals surface area (Å²) >= 11 is 0. The molecule has 1 unspecified atom stereocenters. The molecule has 0 saturated carbocycles. The van der Waals surface area contributed by atoms with Crippen molar-refractivity contribution >= 4 is 11.9 Å². The summed E-state index contributed by atoms with van der Waals surface area (Å²) in [7, 11) is 0. The van der Waals surface area contributed by atoms with E-state index >= 15 is 0 Å². The highest BCUT2D eigenvalue weighted by atomic mass is 16.4. The van der Waals surface area contributed by atoms with Gasteiger partial charge in [0.15, 0.2) is 0 Å². The van der Waals surface area contributed by atoms with E-state index in [9.17, 15) is 9.59 Å². The van der Waals surface area contributed by atoms with Crippen LogP contribution in [-0.2, 0) is 9.59 Å². The van der Waals surface area contributed by atoms with Gasteiger partial charge in [-0.05, 0) is 18.4 Å². The fourth-order valence-electron chi connectivity index (χ4n) is 2.35. The van der Waals surface area contributed by atoms with Crippen molar-refractivity contribution in [1.29, 1.82) is 0 Å². The Hall–Kier alpha value is -1.88. The highest BCUT2D eigenvalue weighted by molar-refractivity contribution is 5.83. The predicted octanol–water partition coefficient (Wildman–Crippen LogP) is 1.01. The minimum atomic E-state index is -0.778. The summed E-state index contributed by atoms with van der Waals surface area (Å²) in [5.41, 5.74) is 6.74. The molecule has 1 saturated heterocycles. The van der Waals surface area contributed by atoms with Crippen molar-refractivity contribution in [1.82, 2.24) is 4.90 Å². The van der Waals surface area contributed by atoms with Crippen LogP contribution in [0.3, 0.4) is 0 Å². The Morgan fingerprint density at radius 2 is 1.79 bits per heavy atom. The van der Waals surface area contributed by atoms with Gasteiger partial charge >= 0.3 is 5.97 Å². The highest BCUT2D eigenvalue weighted by Crippen LogP contribution is 2.20. The predicted molar refractivity (Wildman–Crippen MR) is 70.3 cm³/mol. The fraction of sp³-hybridized carbons (Fsp3) is 0.429. The first-order valence-electron chi connectivity index (χ1n) is 6.41. The molecule has 1 aromatic carbocycles. The molecule has 5 heteroatoms. The molecule has 1 amide bonds.